The van der Waals surface area contributed by atoms with Crippen LogP contribution >= 0.6 is 0 Å². The lowest BCUT2D eigenvalue weighted by atomic mass is 10.0. The molecule has 0 fully saturated rings. The van der Waals surface area contributed by atoms with Crippen molar-refractivity contribution in [3.8, 4) is 0 Å². The number of ether oxygens (including phenoxy) is 1. The molecule has 0 bridgehead atoms. The zero-order valence-corrected chi connectivity index (χ0v) is 15.6. The topological polar surface area (TPSA) is 81.4 Å². The molecule has 2 heterocycles. The second-order valence-electron chi connectivity index (χ2n) is 6.31. The Labute approximate surface area is 157 Å². The Morgan fingerprint density at radius 1 is 1.22 bits per heavy atom. The van der Waals surface area contributed by atoms with E-state index >= 15 is 0 Å². The molecule has 0 spiro atoms. The Morgan fingerprint density at radius 2 is 2.00 bits per heavy atom. The van der Waals surface area contributed by atoms with Gasteiger partial charge in [0.05, 0.1) is 23.4 Å². The van der Waals surface area contributed by atoms with Crippen molar-refractivity contribution in [2.75, 3.05) is 6.61 Å². The van der Waals surface area contributed by atoms with Crippen molar-refractivity contribution < 1.29 is 18.7 Å². The van der Waals surface area contributed by atoms with E-state index in [1.54, 1.807) is 25.3 Å². The molecule has 6 heteroatoms. The van der Waals surface area contributed by atoms with Gasteiger partial charge in [0.1, 0.15) is 5.76 Å². The summed E-state index contributed by atoms with van der Waals surface area (Å²) in [6.07, 6.45) is 2.25. The van der Waals surface area contributed by atoms with Crippen molar-refractivity contribution in [2.45, 2.75) is 33.2 Å². The molecule has 0 saturated heterocycles. The smallest absolute Gasteiger partial charge is 0.339 e. The van der Waals surface area contributed by atoms with Gasteiger partial charge >= 0.3 is 5.97 Å². The van der Waals surface area contributed by atoms with Crippen LogP contribution in [0, 0.1) is 6.92 Å². The molecule has 0 radical (unpaired) electrons. The lowest BCUT2D eigenvalue weighted by Crippen LogP contribution is -2.31. The zero-order valence-electron chi connectivity index (χ0n) is 15.6. The third-order valence-corrected chi connectivity index (χ3v) is 4.46. The summed E-state index contributed by atoms with van der Waals surface area (Å²) in [5.41, 5.74) is 2.83. The fourth-order valence-corrected chi connectivity index (χ4v) is 3.06. The number of carbonyl (C=O) groups excluding carboxylic acids is 2. The number of para-hydroxylation sites is 1. The van der Waals surface area contributed by atoms with Crippen molar-refractivity contribution in [3.63, 3.8) is 0 Å². The number of hydrogen-bond donors (Lipinski definition) is 1. The Kier molecular flexibility index (Phi) is 5.54. The van der Waals surface area contributed by atoms with Gasteiger partial charge < -0.3 is 14.5 Å². The number of esters is 1. The van der Waals surface area contributed by atoms with E-state index in [2.05, 4.69) is 10.3 Å². The fourth-order valence-electron chi connectivity index (χ4n) is 3.06. The van der Waals surface area contributed by atoms with Crippen molar-refractivity contribution in [3.05, 3.63) is 65.2 Å². The third kappa shape index (κ3) is 4.00. The minimum absolute atomic E-state index is 0.304. The number of benzene rings is 1. The highest BCUT2D eigenvalue weighted by Gasteiger charge is 2.20. The summed E-state index contributed by atoms with van der Waals surface area (Å²) < 4.78 is 10.5. The van der Waals surface area contributed by atoms with Crippen molar-refractivity contribution >= 4 is 22.8 Å². The molecular weight excluding hydrogens is 344 g/mol. The van der Waals surface area contributed by atoms with Gasteiger partial charge in [-0.3, -0.25) is 9.78 Å². The van der Waals surface area contributed by atoms with E-state index in [0.29, 0.717) is 17.7 Å². The van der Waals surface area contributed by atoms with Gasteiger partial charge in [0.2, 0.25) is 0 Å². The first-order chi connectivity index (χ1) is 13.0. The minimum atomic E-state index is -0.526. The molecule has 0 aliphatic rings. The SMILES string of the molecule is CCc1nc2ccccc2c(C(=O)OCC(=O)N[C@H](C)c2ccco2)c1C. The molecule has 27 heavy (non-hydrogen) atoms. The van der Waals surface area contributed by atoms with Gasteiger partial charge in [-0.05, 0) is 44.0 Å². The molecule has 1 N–H and O–H groups in total. The second-order valence-corrected chi connectivity index (χ2v) is 6.31. The first-order valence-electron chi connectivity index (χ1n) is 8.89. The molecule has 6 nitrogen and oxygen atoms in total. The number of fused-ring (bicyclic) bond motifs is 1. The first-order valence-corrected chi connectivity index (χ1v) is 8.89. The number of amides is 1. The van der Waals surface area contributed by atoms with Gasteiger partial charge in [0.15, 0.2) is 6.61 Å². The lowest BCUT2D eigenvalue weighted by molar-refractivity contribution is -0.125. The van der Waals surface area contributed by atoms with Crippen LogP contribution in [0.4, 0.5) is 0 Å². The number of carbonyl (C=O) groups is 2. The van der Waals surface area contributed by atoms with Crippen LogP contribution in [-0.4, -0.2) is 23.5 Å². The van der Waals surface area contributed by atoms with Crippen molar-refractivity contribution in [1.29, 1.82) is 0 Å². The van der Waals surface area contributed by atoms with E-state index in [1.807, 2.05) is 38.1 Å². The summed E-state index contributed by atoms with van der Waals surface area (Å²) in [6.45, 7) is 5.28. The quantitative estimate of drug-likeness (QED) is 0.672. The number of aromatic nitrogens is 1. The second kappa shape index (κ2) is 8.03. The molecule has 0 aliphatic heterocycles. The van der Waals surface area contributed by atoms with E-state index in [0.717, 1.165) is 22.2 Å². The number of aryl methyl sites for hydroxylation is 1. The van der Waals surface area contributed by atoms with Crippen LogP contribution in [0.2, 0.25) is 0 Å². The minimum Gasteiger partial charge on any atom is -0.467 e. The predicted octanol–water partition coefficient (Wildman–Crippen LogP) is 3.73. The lowest BCUT2D eigenvalue weighted by Gasteiger charge is -2.14. The van der Waals surface area contributed by atoms with Crippen LogP contribution in [0.1, 0.15) is 47.3 Å². The first kappa shape index (κ1) is 18.6. The molecular formula is C21H22N2O4. The average molecular weight is 366 g/mol. The van der Waals surface area contributed by atoms with Crippen LogP contribution in [-0.2, 0) is 16.0 Å². The van der Waals surface area contributed by atoms with E-state index in [4.69, 9.17) is 9.15 Å². The van der Waals surface area contributed by atoms with Gasteiger partial charge in [0, 0.05) is 11.1 Å². The van der Waals surface area contributed by atoms with Gasteiger partial charge in [-0.15, -0.1) is 0 Å². The molecule has 0 aliphatic carbocycles. The third-order valence-electron chi connectivity index (χ3n) is 4.46. The monoisotopic (exact) mass is 366 g/mol. The Balaban J connectivity index is 1.74. The van der Waals surface area contributed by atoms with Gasteiger partial charge in [-0.2, -0.15) is 0 Å². The summed E-state index contributed by atoms with van der Waals surface area (Å²) in [5, 5.41) is 3.46. The summed E-state index contributed by atoms with van der Waals surface area (Å²) in [5.74, 6) is -0.279. The van der Waals surface area contributed by atoms with Crippen LogP contribution in [0.5, 0.6) is 0 Å². The van der Waals surface area contributed by atoms with Gasteiger partial charge in [-0.1, -0.05) is 25.1 Å². The number of furan rings is 1. The fraction of sp³-hybridized carbons (Fsp3) is 0.286. The van der Waals surface area contributed by atoms with E-state index in [1.165, 1.54) is 0 Å². The number of nitrogens with one attached hydrogen (secondary N) is 1. The standard InChI is InChI=1S/C21H22N2O4/c1-4-16-13(2)20(15-8-5-6-9-17(15)23-16)21(25)27-12-19(24)22-14(3)18-10-7-11-26-18/h5-11,14H,4,12H2,1-3H3,(H,22,24)/t14-/m1/s1. The Bertz CT molecular complexity index is 964. The Hall–Kier alpha value is -3.15. The van der Waals surface area contributed by atoms with E-state index in [9.17, 15) is 9.59 Å². The van der Waals surface area contributed by atoms with Crippen LogP contribution in [0.15, 0.2) is 47.1 Å². The molecule has 0 unspecified atom stereocenters. The maximum atomic E-state index is 12.7. The maximum Gasteiger partial charge on any atom is 0.339 e. The summed E-state index contributed by atoms with van der Waals surface area (Å²) >= 11 is 0. The van der Waals surface area contributed by atoms with Gasteiger partial charge in [0.25, 0.3) is 5.91 Å². The largest absolute Gasteiger partial charge is 0.467 e. The molecule has 3 aromatic rings. The number of hydrogen-bond acceptors (Lipinski definition) is 5. The summed E-state index contributed by atoms with van der Waals surface area (Å²) in [4.78, 5) is 29.4. The molecule has 3 rings (SSSR count). The zero-order chi connectivity index (χ0) is 19.4. The number of rotatable bonds is 6. The highest BCUT2D eigenvalue weighted by atomic mass is 16.5. The Morgan fingerprint density at radius 3 is 2.70 bits per heavy atom. The van der Waals surface area contributed by atoms with Crippen LogP contribution in [0.3, 0.4) is 0 Å². The highest BCUT2D eigenvalue weighted by Crippen LogP contribution is 2.24. The number of pyridine rings is 1. The highest BCUT2D eigenvalue weighted by molar-refractivity contribution is 6.05. The molecule has 0 saturated carbocycles. The normalized spacial score (nSPS) is 12.0. The molecule has 140 valence electrons. The van der Waals surface area contributed by atoms with Crippen LogP contribution in [0.25, 0.3) is 10.9 Å². The molecule has 1 atom stereocenters. The van der Waals surface area contributed by atoms with E-state index in [-0.39, 0.29) is 18.6 Å². The summed E-state index contributed by atoms with van der Waals surface area (Å²) in [7, 11) is 0. The summed E-state index contributed by atoms with van der Waals surface area (Å²) in [6, 6.07) is 10.6. The average Bonchev–Trinajstić information content (AvgIpc) is 3.20. The molecule has 2 aromatic heterocycles. The number of nitrogens with zero attached hydrogens (tertiary/aromatic N) is 1. The van der Waals surface area contributed by atoms with Crippen molar-refractivity contribution in [1.82, 2.24) is 10.3 Å². The van der Waals surface area contributed by atoms with E-state index < -0.39 is 5.97 Å². The predicted molar refractivity (Wildman–Crippen MR) is 101 cm³/mol. The van der Waals surface area contributed by atoms with Crippen LogP contribution < -0.4 is 5.32 Å². The molecule has 1 amide bonds. The maximum absolute atomic E-state index is 12.7. The van der Waals surface area contributed by atoms with Gasteiger partial charge in [-0.25, -0.2) is 4.79 Å². The van der Waals surface area contributed by atoms with Crippen molar-refractivity contribution in [2.24, 2.45) is 0 Å². The molecule has 1 aromatic carbocycles.